The number of nitrogens with zero attached hydrogens (tertiary/aromatic N) is 2. The molecule has 1 amide bonds. The van der Waals surface area contributed by atoms with E-state index < -0.39 is 10.0 Å². The second-order valence-corrected chi connectivity index (χ2v) is 11.5. The summed E-state index contributed by atoms with van der Waals surface area (Å²) in [6.45, 7) is 1.86. The number of methoxy groups -OCH3 is 2. The fourth-order valence-corrected chi connectivity index (χ4v) is 6.33. The number of hydrogen-bond acceptors (Lipinski definition) is 5. The van der Waals surface area contributed by atoms with Crippen molar-refractivity contribution in [2.24, 2.45) is 0 Å². The summed E-state index contributed by atoms with van der Waals surface area (Å²) in [6.07, 6.45) is 1.19. The monoisotopic (exact) mass is 572 g/mol. The predicted molar refractivity (Wildman–Crippen MR) is 143 cm³/mol. The second-order valence-electron chi connectivity index (χ2n) is 8.68. The summed E-state index contributed by atoms with van der Waals surface area (Å²) in [6, 6.07) is 19.8. The maximum Gasteiger partial charge on any atom is 0.243 e. The third-order valence-electron chi connectivity index (χ3n) is 6.32. The van der Waals surface area contributed by atoms with Gasteiger partial charge in [-0.2, -0.15) is 4.31 Å². The molecular formula is C27H29BrN2O5S. The van der Waals surface area contributed by atoms with Gasteiger partial charge in [0, 0.05) is 28.8 Å². The fraction of sp³-hybridized carbons (Fsp3) is 0.296. The number of carbonyl (C=O) groups is 1. The molecule has 1 aliphatic heterocycles. The van der Waals surface area contributed by atoms with Gasteiger partial charge in [0.25, 0.3) is 0 Å². The molecule has 190 valence electrons. The van der Waals surface area contributed by atoms with E-state index in [0.29, 0.717) is 24.3 Å². The number of sulfonamides is 1. The van der Waals surface area contributed by atoms with Crippen LogP contribution >= 0.6 is 15.9 Å². The van der Waals surface area contributed by atoms with Gasteiger partial charge < -0.3 is 14.4 Å². The molecule has 0 aliphatic carbocycles. The third-order valence-corrected chi connectivity index (χ3v) is 8.66. The number of rotatable bonds is 9. The highest BCUT2D eigenvalue weighted by Crippen LogP contribution is 2.35. The average Bonchev–Trinajstić information content (AvgIpc) is 3.21. The number of benzene rings is 3. The first-order valence-corrected chi connectivity index (χ1v) is 13.8. The third kappa shape index (κ3) is 5.43. The van der Waals surface area contributed by atoms with Crippen LogP contribution in [0.5, 0.6) is 11.5 Å². The largest absolute Gasteiger partial charge is 0.493 e. The van der Waals surface area contributed by atoms with Gasteiger partial charge >= 0.3 is 0 Å². The van der Waals surface area contributed by atoms with Gasteiger partial charge in [0.05, 0.1) is 25.7 Å². The van der Waals surface area contributed by atoms with Crippen LogP contribution in [0.3, 0.4) is 0 Å². The van der Waals surface area contributed by atoms with Crippen molar-refractivity contribution >= 4 is 37.5 Å². The van der Waals surface area contributed by atoms with Crippen molar-refractivity contribution in [2.45, 2.75) is 30.7 Å². The quantitative estimate of drug-likeness (QED) is 0.372. The minimum Gasteiger partial charge on any atom is -0.493 e. The number of halogens is 1. The zero-order chi connectivity index (χ0) is 25.9. The van der Waals surface area contributed by atoms with Gasteiger partial charge in [-0.05, 0) is 61.2 Å². The van der Waals surface area contributed by atoms with Crippen LogP contribution in [-0.4, -0.2) is 52.0 Å². The van der Waals surface area contributed by atoms with E-state index in [1.807, 2.05) is 55.5 Å². The maximum atomic E-state index is 13.8. The van der Waals surface area contributed by atoms with Crippen molar-refractivity contribution in [1.29, 1.82) is 0 Å². The molecule has 3 aromatic rings. The smallest absolute Gasteiger partial charge is 0.243 e. The zero-order valence-corrected chi connectivity index (χ0v) is 22.9. The van der Waals surface area contributed by atoms with Crippen LogP contribution in [0, 0.1) is 0 Å². The summed E-state index contributed by atoms with van der Waals surface area (Å²) >= 11 is 3.49. The standard InChI is InChI=1S/C27H29BrN2O5S/c1-19-15-21-16-22(28)9-11-24(21)30(19)27(31)18-29(14-13-20-7-5-4-6-8-20)36(32,33)23-10-12-25(34-2)26(17-23)35-3/h4-12,16-17,19H,13-15,18H2,1-3H3/t19-/m1/s1. The van der Waals surface area contributed by atoms with Crippen molar-refractivity contribution in [3.8, 4) is 11.5 Å². The molecule has 0 N–H and O–H groups in total. The SMILES string of the molecule is COc1ccc(S(=O)(=O)N(CCc2ccccc2)CC(=O)N2c3ccc(Br)cc3C[C@H]2C)cc1OC. The molecular weight excluding hydrogens is 544 g/mol. The molecule has 3 aromatic carbocycles. The second kappa shape index (κ2) is 11.0. The maximum absolute atomic E-state index is 13.8. The Morgan fingerprint density at radius 3 is 2.44 bits per heavy atom. The lowest BCUT2D eigenvalue weighted by atomic mass is 10.1. The number of amides is 1. The molecule has 0 spiro atoms. The van der Waals surface area contributed by atoms with E-state index in [-0.39, 0.29) is 29.9 Å². The molecule has 0 radical (unpaired) electrons. The topological polar surface area (TPSA) is 76.2 Å². The lowest BCUT2D eigenvalue weighted by Crippen LogP contribution is -2.45. The molecule has 0 bridgehead atoms. The summed E-state index contributed by atoms with van der Waals surface area (Å²) in [7, 11) is -1.07. The van der Waals surface area contributed by atoms with Crippen LogP contribution in [0.4, 0.5) is 5.69 Å². The van der Waals surface area contributed by atoms with E-state index >= 15 is 0 Å². The molecule has 0 fully saturated rings. The highest BCUT2D eigenvalue weighted by Gasteiger charge is 2.35. The number of fused-ring (bicyclic) bond motifs is 1. The minimum atomic E-state index is -4.01. The molecule has 1 aliphatic rings. The Hall–Kier alpha value is -2.88. The summed E-state index contributed by atoms with van der Waals surface area (Å²) in [5, 5.41) is 0. The molecule has 36 heavy (non-hydrogen) atoms. The fourth-order valence-electron chi connectivity index (χ4n) is 4.52. The van der Waals surface area contributed by atoms with Crippen molar-refractivity contribution in [3.63, 3.8) is 0 Å². The Balaban J connectivity index is 1.65. The molecule has 0 aromatic heterocycles. The molecule has 0 unspecified atom stereocenters. The number of anilines is 1. The summed E-state index contributed by atoms with van der Waals surface area (Å²) in [4.78, 5) is 15.3. The van der Waals surface area contributed by atoms with E-state index in [2.05, 4.69) is 15.9 Å². The molecule has 0 saturated carbocycles. The van der Waals surface area contributed by atoms with Gasteiger partial charge in [-0.1, -0.05) is 46.3 Å². The van der Waals surface area contributed by atoms with Crippen LogP contribution in [0.2, 0.25) is 0 Å². The summed E-state index contributed by atoms with van der Waals surface area (Å²) < 4.78 is 40.4. The Bertz CT molecular complexity index is 1350. The zero-order valence-electron chi connectivity index (χ0n) is 20.5. The molecule has 1 heterocycles. The van der Waals surface area contributed by atoms with Crippen LogP contribution in [-0.2, 0) is 27.7 Å². The van der Waals surface area contributed by atoms with Crippen molar-refractivity contribution in [1.82, 2.24) is 4.31 Å². The number of ether oxygens (including phenoxy) is 2. The van der Waals surface area contributed by atoms with E-state index in [9.17, 15) is 13.2 Å². The van der Waals surface area contributed by atoms with Gasteiger partial charge in [-0.3, -0.25) is 4.79 Å². The van der Waals surface area contributed by atoms with Crippen molar-refractivity contribution in [3.05, 3.63) is 82.3 Å². The van der Waals surface area contributed by atoms with Gasteiger partial charge in [-0.25, -0.2) is 8.42 Å². The normalized spacial score (nSPS) is 15.1. The lowest BCUT2D eigenvalue weighted by Gasteiger charge is -2.28. The van der Waals surface area contributed by atoms with Crippen LogP contribution in [0.15, 0.2) is 76.1 Å². The first kappa shape index (κ1) is 26.2. The Labute approximate surface area is 220 Å². The van der Waals surface area contributed by atoms with Gasteiger partial charge in [0.1, 0.15) is 0 Å². The molecule has 1 atom stereocenters. The predicted octanol–water partition coefficient (Wildman–Crippen LogP) is 4.68. The highest BCUT2D eigenvalue weighted by atomic mass is 79.9. The van der Waals surface area contributed by atoms with E-state index in [4.69, 9.17) is 9.47 Å². The minimum absolute atomic E-state index is 0.0415. The molecule has 9 heteroatoms. The average molecular weight is 574 g/mol. The Morgan fingerprint density at radius 2 is 1.75 bits per heavy atom. The Kier molecular flexibility index (Phi) is 8.02. The van der Waals surface area contributed by atoms with Crippen LogP contribution in [0.1, 0.15) is 18.1 Å². The van der Waals surface area contributed by atoms with Crippen molar-refractivity contribution in [2.75, 3.05) is 32.2 Å². The lowest BCUT2D eigenvalue weighted by molar-refractivity contribution is -0.119. The van der Waals surface area contributed by atoms with Crippen molar-refractivity contribution < 1.29 is 22.7 Å². The van der Waals surface area contributed by atoms with Gasteiger partial charge in [-0.15, -0.1) is 0 Å². The van der Waals surface area contributed by atoms with Gasteiger partial charge in [0.2, 0.25) is 15.9 Å². The molecule has 0 saturated heterocycles. The Morgan fingerprint density at radius 1 is 1.03 bits per heavy atom. The van der Waals surface area contributed by atoms with Crippen LogP contribution in [0.25, 0.3) is 0 Å². The molecule has 7 nitrogen and oxygen atoms in total. The first-order chi connectivity index (χ1) is 17.2. The highest BCUT2D eigenvalue weighted by molar-refractivity contribution is 9.10. The summed E-state index contributed by atoms with van der Waals surface area (Å²) in [5.41, 5.74) is 2.87. The molecule has 4 rings (SSSR count). The number of carbonyl (C=O) groups excluding carboxylic acids is 1. The first-order valence-electron chi connectivity index (χ1n) is 11.6. The van der Waals surface area contributed by atoms with Gasteiger partial charge in [0.15, 0.2) is 11.5 Å². The number of hydrogen-bond donors (Lipinski definition) is 0. The van der Waals surface area contributed by atoms with E-state index in [1.165, 1.54) is 30.7 Å². The summed E-state index contributed by atoms with van der Waals surface area (Å²) in [5.74, 6) is 0.471. The van der Waals surface area contributed by atoms with E-state index in [1.54, 1.807) is 11.0 Å². The van der Waals surface area contributed by atoms with Crippen LogP contribution < -0.4 is 14.4 Å². The van der Waals surface area contributed by atoms with E-state index in [0.717, 1.165) is 21.3 Å².